The Bertz CT molecular complexity index is 800. The summed E-state index contributed by atoms with van der Waals surface area (Å²) in [4.78, 5) is 14.7. The Balaban J connectivity index is 2.06. The second kappa shape index (κ2) is 6.02. The van der Waals surface area contributed by atoms with E-state index in [4.69, 9.17) is 0 Å². The molecule has 3 aromatic rings. The third-order valence-corrected chi connectivity index (χ3v) is 3.92. The SMILES string of the molecule is CCN(C(=O)c1ccc(C)cc1)c1cccc2ccccc12. The van der Waals surface area contributed by atoms with Crippen LogP contribution in [0.15, 0.2) is 66.7 Å². The summed E-state index contributed by atoms with van der Waals surface area (Å²) in [7, 11) is 0. The quantitative estimate of drug-likeness (QED) is 0.677. The zero-order valence-electron chi connectivity index (χ0n) is 12.9. The van der Waals surface area contributed by atoms with Crippen LogP contribution in [-0.2, 0) is 0 Å². The zero-order chi connectivity index (χ0) is 15.5. The first-order chi connectivity index (χ1) is 10.7. The van der Waals surface area contributed by atoms with Gasteiger partial charge in [0.2, 0.25) is 0 Å². The van der Waals surface area contributed by atoms with E-state index in [9.17, 15) is 4.79 Å². The largest absolute Gasteiger partial charge is 0.308 e. The summed E-state index contributed by atoms with van der Waals surface area (Å²) < 4.78 is 0. The van der Waals surface area contributed by atoms with Gasteiger partial charge >= 0.3 is 0 Å². The van der Waals surface area contributed by atoms with Crippen LogP contribution in [0.3, 0.4) is 0 Å². The molecule has 2 heteroatoms. The first kappa shape index (κ1) is 14.3. The maximum Gasteiger partial charge on any atom is 0.258 e. The van der Waals surface area contributed by atoms with Crippen molar-refractivity contribution in [1.82, 2.24) is 0 Å². The number of carbonyl (C=O) groups excluding carboxylic acids is 1. The lowest BCUT2D eigenvalue weighted by atomic mass is 10.1. The summed E-state index contributed by atoms with van der Waals surface area (Å²) >= 11 is 0. The molecule has 110 valence electrons. The Morgan fingerprint density at radius 3 is 2.32 bits per heavy atom. The molecular weight excluding hydrogens is 270 g/mol. The first-order valence-electron chi connectivity index (χ1n) is 7.57. The molecular formula is C20H19NO. The maximum atomic E-state index is 12.9. The van der Waals surface area contributed by atoms with Crippen molar-refractivity contribution in [3.63, 3.8) is 0 Å². The highest BCUT2D eigenvalue weighted by molar-refractivity contribution is 6.10. The van der Waals surface area contributed by atoms with Crippen molar-refractivity contribution in [1.29, 1.82) is 0 Å². The van der Waals surface area contributed by atoms with Gasteiger partial charge in [-0.2, -0.15) is 0 Å². The lowest BCUT2D eigenvalue weighted by Crippen LogP contribution is -2.30. The van der Waals surface area contributed by atoms with Crippen molar-refractivity contribution >= 4 is 22.4 Å². The van der Waals surface area contributed by atoms with Gasteiger partial charge in [-0.15, -0.1) is 0 Å². The monoisotopic (exact) mass is 289 g/mol. The number of aryl methyl sites for hydroxylation is 1. The molecule has 0 radical (unpaired) electrons. The van der Waals surface area contributed by atoms with Crippen LogP contribution >= 0.6 is 0 Å². The summed E-state index contributed by atoms with van der Waals surface area (Å²) in [6.45, 7) is 4.67. The van der Waals surface area contributed by atoms with Gasteiger partial charge in [0.25, 0.3) is 5.91 Å². The van der Waals surface area contributed by atoms with E-state index >= 15 is 0 Å². The number of benzene rings is 3. The fourth-order valence-corrected chi connectivity index (χ4v) is 2.72. The number of rotatable bonds is 3. The Morgan fingerprint density at radius 2 is 1.59 bits per heavy atom. The lowest BCUT2D eigenvalue weighted by molar-refractivity contribution is 0.0988. The van der Waals surface area contributed by atoms with Gasteiger partial charge in [-0.1, -0.05) is 54.1 Å². The molecule has 0 heterocycles. The van der Waals surface area contributed by atoms with Crippen molar-refractivity contribution in [2.45, 2.75) is 13.8 Å². The highest BCUT2D eigenvalue weighted by Gasteiger charge is 2.17. The van der Waals surface area contributed by atoms with E-state index in [2.05, 4.69) is 18.2 Å². The van der Waals surface area contributed by atoms with Crippen molar-refractivity contribution < 1.29 is 4.79 Å². The molecule has 0 aliphatic rings. The second-order valence-electron chi connectivity index (χ2n) is 5.41. The summed E-state index contributed by atoms with van der Waals surface area (Å²) in [5.74, 6) is 0.0406. The standard InChI is InChI=1S/C20H19NO/c1-3-21(20(22)17-13-11-15(2)12-14-17)19-10-6-8-16-7-4-5-9-18(16)19/h4-14H,3H2,1-2H3. The minimum Gasteiger partial charge on any atom is -0.308 e. The van der Waals surface area contributed by atoms with E-state index in [0.29, 0.717) is 6.54 Å². The summed E-state index contributed by atoms with van der Waals surface area (Å²) in [5, 5.41) is 2.25. The number of hydrogen-bond donors (Lipinski definition) is 0. The Hall–Kier alpha value is -2.61. The lowest BCUT2D eigenvalue weighted by Gasteiger charge is -2.23. The minimum absolute atomic E-state index is 0.0406. The smallest absolute Gasteiger partial charge is 0.258 e. The van der Waals surface area contributed by atoms with Gasteiger partial charge in [-0.05, 0) is 37.4 Å². The van der Waals surface area contributed by atoms with Gasteiger partial charge < -0.3 is 4.90 Å². The highest BCUT2D eigenvalue weighted by Crippen LogP contribution is 2.27. The van der Waals surface area contributed by atoms with Gasteiger partial charge in [-0.25, -0.2) is 0 Å². The van der Waals surface area contributed by atoms with Crippen LogP contribution in [0.25, 0.3) is 10.8 Å². The molecule has 0 saturated heterocycles. The predicted octanol–water partition coefficient (Wildman–Crippen LogP) is 4.81. The number of anilines is 1. The molecule has 3 rings (SSSR count). The third-order valence-electron chi connectivity index (χ3n) is 3.92. The van der Waals surface area contributed by atoms with Crippen LogP contribution in [0.4, 0.5) is 5.69 Å². The molecule has 0 atom stereocenters. The van der Waals surface area contributed by atoms with E-state index in [-0.39, 0.29) is 5.91 Å². The Morgan fingerprint density at radius 1 is 0.909 bits per heavy atom. The van der Waals surface area contributed by atoms with Gasteiger partial charge in [0.05, 0.1) is 5.69 Å². The van der Waals surface area contributed by atoms with Crippen LogP contribution in [0.1, 0.15) is 22.8 Å². The molecule has 0 unspecified atom stereocenters. The summed E-state index contributed by atoms with van der Waals surface area (Å²) in [6, 6.07) is 22.0. The van der Waals surface area contributed by atoms with Crippen molar-refractivity contribution in [3.05, 3.63) is 77.9 Å². The highest BCUT2D eigenvalue weighted by atomic mass is 16.2. The van der Waals surface area contributed by atoms with Crippen molar-refractivity contribution in [3.8, 4) is 0 Å². The molecule has 3 aromatic carbocycles. The molecule has 0 aliphatic carbocycles. The van der Waals surface area contributed by atoms with Gasteiger partial charge in [-0.3, -0.25) is 4.79 Å². The van der Waals surface area contributed by atoms with Gasteiger partial charge in [0, 0.05) is 17.5 Å². The van der Waals surface area contributed by atoms with Crippen molar-refractivity contribution in [2.24, 2.45) is 0 Å². The molecule has 0 N–H and O–H groups in total. The van der Waals surface area contributed by atoms with Gasteiger partial charge in [0.15, 0.2) is 0 Å². The molecule has 2 nitrogen and oxygen atoms in total. The summed E-state index contributed by atoms with van der Waals surface area (Å²) in [5.41, 5.74) is 2.84. The van der Waals surface area contributed by atoms with Crippen LogP contribution in [0, 0.1) is 6.92 Å². The molecule has 0 aromatic heterocycles. The Kier molecular flexibility index (Phi) is 3.92. The molecule has 0 aliphatic heterocycles. The topological polar surface area (TPSA) is 20.3 Å². The van der Waals surface area contributed by atoms with Crippen LogP contribution < -0.4 is 4.90 Å². The average Bonchev–Trinajstić information content (AvgIpc) is 2.56. The number of amides is 1. The van der Waals surface area contributed by atoms with E-state index < -0.39 is 0 Å². The van der Waals surface area contributed by atoms with E-state index in [0.717, 1.165) is 27.6 Å². The minimum atomic E-state index is 0.0406. The molecule has 0 bridgehead atoms. The number of carbonyl (C=O) groups is 1. The normalized spacial score (nSPS) is 10.6. The number of nitrogens with zero attached hydrogens (tertiary/aromatic N) is 1. The molecule has 0 fully saturated rings. The fraction of sp³-hybridized carbons (Fsp3) is 0.150. The van der Waals surface area contributed by atoms with E-state index in [1.165, 1.54) is 0 Å². The number of fused-ring (bicyclic) bond motifs is 1. The van der Waals surface area contributed by atoms with Crippen LogP contribution in [-0.4, -0.2) is 12.5 Å². The molecule has 0 spiro atoms. The van der Waals surface area contributed by atoms with Crippen LogP contribution in [0.5, 0.6) is 0 Å². The van der Waals surface area contributed by atoms with Gasteiger partial charge in [0.1, 0.15) is 0 Å². The average molecular weight is 289 g/mol. The third kappa shape index (κ3) is 2.60. The molecule has 22 heavy (non-hydrogen) atoms. The number of hydrogen-bond acceptors (Lipinski definition) is 1. The fourth-order valence-electron chi connectivity index (χ4n) is 2.72. The van der Waals surface area contributed by atoms with E-state index in [1.807, 2.05) is 67.3 Å². The Labute approximate surface area is 131 Å². The zero-order valence-corrected chi connectivity index (χ0v) is 12.9. The van der Waals surface area contributed by atoms with Crippen molar-refractivity contribution in [2.75, 3.05) is 11.4 Å². The molecule has 1 amide bonds. The maximum absolute atomic E-state index is 12.9. The first-order valence-corrected chi connectivity index (χ1v) is 7.57. The second-order valence-corrected chi connectivity index (χ2v) is 5.41. The summed E-state index contributed by atoms with van der Waals surface area (Å²) in [6.07, 6.45) is 0. The molecule has 0 saturated carbocycles. The predicted molar refractivity (Wildman–Crippen MR) is 92.5 cm³/mol. The van der Waals surface area contributed by atoms with Crippen LogP contribution in [0.2, 0.25) is 0 Å². The van der Waals surface area contributed by atoms with E-state index in [1.54, 1.807) is 0 Å².